The Kier molecular flexibility index (Phi) is 31.5. The Morgan fingerprint density at radius 2 is 0.740 bits per heavy atom. The van der Waals surface area contributed by atoms with Crippen LogP contribution in [0.3, 0.4) is 0 Å². The molecule has 4 N–H and O–H groups in total. The Morgan fingerprint density at radius 1 is 0.460 bits per heavy atom. The lowest BCUT2D eigenvalue weighted by Crippen LogP contribution is -2.26. The van der Waals surface area contributed by atoms with Crippen LogP contribution in [0, 0.1) is 0 Å². The van der Waals surface area contributed by atoms with Crippen molar-refractivity contribution in [2.45, 2.75) is 232 Å². The van der Waals surface area contributed by atoms with E-state index < -0.39 is 0 Å². The number of unbranched alkanes of at least 4 members (excludes halogenated alkanes) is 20. The summed E-state index contributed by atoms with van der Waals surface area (Å²) in [4.78, 5) is 25.0. The molecule has 1 rings (SSSR count). The number of carbonyl (C=O) groups excluding carboxylic acids is 2. The van der Waals surface area contributed by atoms with Crippen molar-refractivity contribution in [2.24, 2.45) is 0 Å². The minimum atomic E-state index is -0.250. The number of amides is 2. The summed E-state index contributed by atoms with van der Waals surface area (Å²) in [6.07, 6.45) is 33.2. The van der Waals surface area contributed by atoms with Gasteiger partial charge in [0.1, 0.15) is 0 Å². The molecule has 0 saturated heterocycles. The van der Waals surface area contributed by atoms with Gasteiger partial charge in [0.25, 0.3) is 0 Å². The van der Waals surface area contributed by atoms with Gasteiger partial charge < -0.3 is 20.8 Å². The summed E-state index contributed by atoms with van der Waals surface area (Å²) < 4.78 is 0. The van der Waals surface area contributed by atoms with Crippen LogP contribution in [0.15, 0.2) is 24.3 Å². The molecular formula is C44H80N2O4. The fraction of sp³-hybridized carbons (Fsp3) is 0.818. The van der Waals surface area contributed by atoms with Crippen LogP contribution in [0.1, 0.15) is 218 Å². The largest absolute Gasteiger partial charge is 0.393 e. The van der Waals surface area contributed by atoms with Crippen LogP contribution in [0.5, 0.6) is 0 Å². The van der Waals surface area contributed by atoms with Gasteiger partial charge in [-0.3, -0.25) is 9.59 Å². The molecule has 0 heterocycles. The Hall–Kier alpha value is -1.92. The molecule has 1 aromatic carbocycles. The van der Waals surface area contributed by atoms with Crippen LogP contribution >= 0.6 is 0 Å². The molecule has 0 saturated carbocycles. The summed E-state index contributed by atoms with van der Waals surface area (Å²) in [5.41, 5.74) is 2.03. The standard InChI is InChI=1S/C44H80N2O4/c1-3-5-7-9-11-13-15-17-19-21-31-41(47)33-25-27-35-43(49)45-37-39-29-23-24-30-40(39)38-46-44(50)36-28-26-34-42(48)32-22-20-18-16-14-12-10-8-6-4-2/h23-24,29-30,41-42,47-48H,3-22,25-28,31-38H2,1-2H3,(H,45,49)(H,46,50). The highest BCUT2D eigenvalue weighted by atomic mass is 16.3. The maximum Gasteiger partial charge on any atom is 0.220 e. The first kappa shape index (κ1) is 46.1. The highest BCUT2D eigenvalue weighted by Crippen LogP contribution is 2.16. The highest BCUT2D eigenvalue weighted by Gasteiger charge is 2.10. The summed E-state index contributed by atoms with van der Waals surface area (Å²) in [5, 5.41) is 26.7. The van der Waals surface area contributed by atoms with Crippen molar-refractivity contribution in [1.29, 1.82) is 0 Å². The second kappa shape index (κ2) is 34.2. The van der Waals surface area contributed by atoms with E-state index in [4.69, 9.17) is 0 Å². The fourth-order valence-corrected chi connectivity index (χ4v) is 6.82. The molecule has 0 spiro atoms. The van der Waals surface area contributed by atoms with Crippen molar-refractivity contribution < 1.29 is 19.8 Å². The maximum absolute atomic E-state index is 12.5. The van der Waals surface area contributed by atoms with E-state index in [0.29, 0.717) is 25.9 Å². The molecule has 2 amide bonds. The quantitative estimate of drug-likeness (QED) is 0.0524. The molecule has 290 valence electrons. The average molecular weight is 701 g/mol. The molecule has 2 atom stereocenters. The van der Waals surface area contributed by atoms with Crippen LogP contribution in [-0.4, -0.2) is 34.2 Å². The first-order valence-electron chi connectivity index (χ1n) is 21.4. The monoisotopic (exact) mass is 701 g/mol. The number of hydrogen-bond acceptors (Lipinski definition) is 4. The zero-order valence-corrected chi connectivity index (χ0v) is 32.8. The zero-order valence-electron chi connectivity index (χ0n) is 32.8. The SMILES string of the molecule is CCCCCCCCCCCCC(O)CCCCC(=O)NCc1ccccc1CNC(=O)CCCCC(O)CCCCCCCCCCCC. The van der Waals surface area contributed by atoms with Crippen molar-refractivity contribution in [3.05, 3.63) is 35.4 Å². The van der Waals surface area contributed by atoms with E-state index >= 15 is 0 Å². The summed E-state index contributed by atoms with van der Waals surface area (Å²) in [7, 11) is 0. The zero-order chi connectivity index (χ0) is 36.3. The Bertz CT molecular complexity index is 850. The van der Waals surface area contributed by atoms with Crippen molar-refractivity contribution in [3.8, 4) is 0 Å². The molecule has 2 unspecified atom stereocenters. The smallest absolute Gasteiger partial charge is 0.220 e. The van der Waals surface area contributed by atoms with E-state index in [1.165, 1.54) is 116 Å². The molecule has 0 aromatic heterocycles. The number of nitrogens with one attached hydrogen (secondary N) is 2. The number of carbonyl (C=O) groups is 2. The summed E-state index contributed by atoms with van der Waals surface area (Å²) in [6.45, 7) is 5.41. The lowest BCUT2D eigenvalue weighted by atomic mass is 10.0. The third-order valence-corrected chi connectivity index (χ3v) is 10.2. The first-order valence-corrected chi connectivity index (χ1v) is 21.4. The lowest BCUT2D eigenvalue weighted by Gasteiger charge is -2.13. The molecule has 0 bridgehead atoms. The summed E-state index contributed by atoms with van der Waals surface area (Å²) >= 11 is 0. The summed E-state index contributed by atoms with van der Waals surface area (Å²) in [5.74, 6) is 0.0618. The first-order chi connectivity index (χ1) is 24.5. The third kappa shape index (κ3) is 28.7. The molecule has 0 radical (unpaired) electrons. The molecule has 0 aliphatic rings. The third-order valence-electron chi connectivity index (χ3n) is 10.2. The van der Waals surface area contributed by atoms with Gasteiger partial charge in [0.2, 0.25) is 11.8 Å². The number of aliphatic hydroxyl groups is 2. The van der Waals surface area contributed by atoms with E-state index in [1.54, 1.807) is 0 Å². The maximum atomic E-state index is 12.5. The van der Waals surface area contributed by atoms with Gasteiger partial charge in [0, 0.05) is 25.9 Å². The van der Waals surface area contributed by atoms with Gasteiger partial charge in [-0.05, 0) is 49.7 Å². The molecule has 0 aliphatic heterocycles. The average Bonchev–Trinajstić information content (AvgIpc) is 3.12. The minimum Gasteiger partial charge on any atom is -0.393 e. The minimum absolute atomic E-state index is 0.0309. The number of hydrogen-bond donors (Lipinski definition) is 4. The van der Waals surface area contributed by atoms with Gasteiger partial charge in [-0.25, -0.2) is 0 Å². The van der Waals surface area contributed by atoms with Crippen LogP contribution in [0.4, 0.5) is 0 Å². The second-order valence-electron chi connectivity index (χ2n) is 15.1. The van der Waals surface area contributed by atoms with Gasteiger partial charge in [0.15, 0.2) is 0 Å². The van der Waals surface area contributed by atoms with Crippen LogP contribution < -0.4 is 10.6 Å². The van der Waals surface area contributed by atoms with Crippen molar-refractivity contribution >= 4 is 11.8 Å². The van der Waals surface area contributed by atoms with Crippen molar-refractivity contribution in [1.82, 2.24) is 10.6 Å². The van der Waals surface area contributed by atoms with Crippen LogP contribution in [0.2, 0.25) is 0 Å². The van der Waals surface area contributed by atoms with E-state index in [1.807, 2.05) is 24.3 Å². The topological polar surface area (TPSA) is 98.7 Å². The molecule has 0 fully saturated rings. The molecule has 6 nitrogen and oxygen atoms in total. The summed E-state index contributed by atoms with van der Waals surface area (Å²) in [6, 6.07) is 7.93. The van der Waals surface area contributed by atoms with E-state index in [2.05, 4.69) is 24.5 Å². The molecule has 6 heteroatoms. The molecule has 1 aromatic rings. The van der Waals surface area contributed by atoms with Gasteiger partial charge >= 0.3 is 0 Å². The Labute approximate surface area is 308 Å². The van der Waals surface area contributed by atoms with Gasteiger partial charge in [-0.2, -0.15) is 0 Å². The van der Waals surface area contributed by atoms with Gasteiger partial charge in [-0.15, -0.1) is 0 Å². The number of aliphatic hydroxyl groups excluding tert-OH is 2. The van der Waals surface area contributed by atoms with Gasteiger partial charge in [-0.1, -0.05) is 179 Å². The second-order valence-corrected chi connectivity index (χ2v) is 15.1. The van der Waals surface area contributed by atoms with Crippen LogP contribution in [0.25, 0.3) is 0 Å². The normalized spacial score (nSPS) is 12.6. The Morgan fingerprint density at radius 3 is 1.06 bits per heavy atom. The van der Waals surface area contributed by atoms with E-state index in [-0.39, 0.29) is 24.0 Å². The van der Waals surface area contributed by atoms with Crippen molar-refractivity contribution in [3.63, 3.8) is 0 Å². The number of benzene rings is 1. The predicted octanol–water partition coefficient (Wildman–Crippen LogP) is 11.4. The predicted molar refractivity (Wildman–Crippen MR) is 212 cm³/mol. The van der Waals surface area contributed by atoms with E-state index in [9.17, 15) is 19.8 Å². The lowest BCUT2D eigenvalue weighted by molar-refractivity contribution is -0.122. The van der Waals surface area contributed by atoms with E-state index in [0.717, 1.165) is 75.3 Å². The van der Waals surface area contributed by atoms with Crippen LogP contribution in [-0.2, 0) is 22.7 Å². The van der Waals surface area contributed by atoms with Crippen molar-refractivity contribution in [2.75, 3.05) is 0 Å². The Balaban J connectivity index is 2.07. The molecule has 0 aliphatic carbocycles. The highest BCUT2D eigenvalue weighted by molar-refractivity contribution is 5.76. The molecule has 50 heavy (non-hydrogen) atoms. The van der Waals surface area contributed by atoms with Gasteiger partial charge in [0.05, 0.1) is 12.2 Å². The molecular weight excluding hydrogens is 620 g/mol. The fourth-order valence-electron chi connectivity index (χ4n) is 6.82. The number of rotatable bonds is 36.